The summed E-state index contributed by atoms with van der Waals surface area (Å²) in [5.41, 5.74) is 2.04. The van der Waals surface area contributed by atoms with Gasteiger partial charge in [0.2, 0.25) is 0 Å². The van der Waals surface area contributed by atoms with E-state index in [1.165, 1.54) is 16.9 Å². The Labute approximate surface area is 129 Å². The number of aromatic nitrogens is 1. The maximum absolute atomic E-state index is 12.2. The molecule has 0 spiro atoms. The second kappa shape index (κ2) is 7.33. The van der Waals surface area contributed by atoms with Gasteiger partial charge in [0.1, 0.15) is 9.88 Å². The predicted molar refractivity (Wildman–Crippen MR) is 86.7 cm³/mol. The van der Waals surface area contributed by atoms with Gasteiger partial charge in [-0.2, -0.15) is 0 Å². The Bertz CT molecular complexity index is 593. The van der Waals surface area contributed by atoms with E-state index in [9.17, 15) is 4.79 Å². The molecule has 0 bridgehead atoms. The molecular formula is C16H21N3OS. The summed E-state index contributed by atoms with van der Waals surface area (Å²) >= 11 is 1.48. The number of hydrogen-bond donors (Lipinski definition) is 1. The first-order valence-electron chi connectivity index (χ1n) is 6.99. The lowest BCUT2D eigenvalue weighted by atomic mass is 10.1. The molecule has 1 amide bonds. The number of nitrogens with zero attached hydrogens (tertiary/aromatic N) is 2. The molecule has 1 aromatic heterocycles. The second-order valence-electron chi connectivity index (χ2n) is 5.25. The molecule has 2 rings (SSSR count). The van der Waals surface area contributed by atoms with E-state index in [0.717, 1.165) is 28.5 Å². The second-order valence-corrected chi connectivity index (χ2v) is 6.34. The van der Waals surface area contributed by atoms with E-state index in [1.54, 1.807) is 0 Å². The molecule has 1 heterocycles. The van der Waals surface area contributed by atoms with E-state index >= 15 is 0 Å². The summed E-state index contributed by atoms with van der Waals surface area (Å²) < 4.78 is 0. The van der Waals surface area contributed by atoms with Crippen molar-refractivity contribution >= 4 is 17.2 Å². The van der Waals surface area contributed by atoms with Crippen LogP contribution in [0.15, 0.2) is 30.3 Å². The summed E-state index contributed by atoms with van der Waals surface area (Å²) in [4.78, 5) is 19.4. The van der Waals surface area contributed by atoms with Crippen molar-refractivity contribution in [2.45, 2.75) is 19.9 Å². The number of benzene rings is 1. The highest BCUT2D eigenvalue weighted by molar-refractivity contribution is 7.13. The third-order valence-corrected chi connectivity index (χ3v) is 4.18. The van der Waals surface area contributed by atoms with Crippen LogP contribution in [-0.2, 0) is 13.0 Å². The molecule has 4 nitrogen and oxygen atoms in total. The highest BCUT2D eigenvalue weighted by Crippen LogP contribution is 2.18. The Balaban J connectivity index is 1.90. The van der Waals surface area contributed by atoms with Gasteiger partial charge in [0.25, 0.3) is 5.91 Å². The summed E-state index contributed by atoms with van der Waals surface area (Å²) in [5, 5.41) is 3.95. The molecule has 0 saturated carbocycles. The number of hydrogen-bond acceptors (Lipinski definition) is 4. The van der Waals surface area contributed by atoms with Crippen LogP contribution in [0.1, 0.15) is 25.9 Å². The van der Waals surface area contributed by atoms with Gasteiger partial charge in [-0.3, -0.25) is 4.79 Å². The van der Waals surface area contributed by atoms with Gasteiger partial charge < -0.3 is 10.2 Å². The number of thiazole rings is 1. The number of aryl methyl sites for hydroxylation is 1. The fourth-order valence-corrected chi connectivity index (χ4v) is 3.15. The van der Waals surface area contributed by atoms with Gasteiger partial charge >= 0.3 is 0 Å². The van der Waals surface area contributed by atoms with Crippen molar-refractivity contribution in [3.8, 4) is 0 Å². The SMILES string of the molecule is Cc1nc(CN(C)C)sc1C(=O)NCCc1ccccc1. The van der Waals surface area contributed by atoms with Crippen LogP contribution in [0.4, 0.5) is 0 Å². The Morgan fingerprint density at radius 2 is 2.00 bits per heavy atom. The number of rotatable bonds is 6. The minimum atomic E-state index is -0.0223. The molecule has 0 aliphatic rings. The Morgan fingerprint density at radius 3 is 2.67 bits per heavy atom. The van der Waals surface area contributed by atoms with Gasteiger partial charge in [0.15, 0.2) is 0 Å². The molecule has 21 heavy (non-hydrogen) atoms. The summed E-state index contributed by atoms with van der Waals surface area (Å²) in [6.45, 7) is 3.30. The van der Waals surface area contributed by atoms with E-state index in [-0.39, 0.29) is 5.91 Å². The van der Waals surface area contributed by atoms with E-state index in [0.29, 0.717) is 6.54 Å². The van der Waals surface area contributed by atoms with Gasteiger partial charge in [-0.15, -0.1) is 11.3 Å². The van der Waals surface area contributed by atoms with Crippen LogP contribution < -0.4 is 5.32 Å². The smallest absolute Gasteiger partial charge is 0.263 e. The monoisotopic (exact) mass is 303 g/mol. The molecule has 0 atom stereocenters. The first kappa shape index (κ1) is 15.7. The largest absolute Gasteiger partial charge is 0.351 e. The molecule has 1 aromatic carbocycles. The van der Waals surface area contributed by atoms with Crippen LogP contribution >= 0.6 is 11.3 Å². The minimum absolute atomic E-state index is 0.0223. The van der Waals surface area contributed by atoms with E-state index in [1.807, 2.05) is 39.2 Å². The minimum Gasteiger partial charge on any atom is -0.351 e. The lowest BCUT2D eigenvalue weighted by molar-refractivity contribution is 0.0957. The zero-order valence-electron chi connectivity index (χ0n) is 12.7. The molecule has 0 saturated heterocycles. The fourth-order valence-electron chi connectivity index (χ4n) is 2.05. The van der Waals surface area contributed by atoms with Crippen LogP contribution in [0, 0.1) is 6.92 Å². The van der Waals surface area contributed by atoms with Crippen molar-refractivity contribution in [3.63, 3.8) is 0 Å². The fraction of sp³-hybridized carbons (Fsp3) is 0.375. The van der Waals surface area contributed by atoms with Crippen molar-refractivity contribution in [3.05, 3.63) is 51.5 Å². The molecule has 5 heteroatoms. The first-order valence-corrected chi connectivity index (χ1v) is 7.81. The number of nitrogens with one attached hydrogen (secondary N) is 1. The average molecular weight is 303 g/mol. The Hall–Kier alpha value is -1.72. The molecule has 0 unspecified atom stereocenters. The molecular weight excluding hydrogens is 282 g/mol. The predicted octanol–water partition coefficient (Wildman–Crippen LogP) is 2.49. The zero-order chi connectivity index (χ0) is 15.2. The lowest BCUT2D eigenvalue weighted by Gasteiger charge is -2.05. The van der Waals surface area contributed by atoms with Crippen molar-refractivity contribution in [2.75, 3.05) is 20.6 Å². The van der Waals surface area contributed by atoms with Crippen LogP contribution in [0.3, 0.4) is 0 Å². The maximum atomic E-state index is 12.2. The van der Waals surface area contributed by atoms with Crippen molar-refractivity contribution < 1.29 is 4.79 Å². The molecule has 0 radical (unpaired) electrons. The number of carbonyl (C=O) groups excluding carboxylic acids is 1. The van der Waals surface area contributed by atoms with E-state index < -0.39 is 0 Å². The van der Waals surface area contributed by atoms with Crippen molar-refractivity contribution in [2.24, 2.45) is 0 Å². The standard InChI is InChI=1S/C16H21N3OS/c1-12-15(21-14(18-12)11-19(2)3)16(20)17-10-9-13-7-5-4-6-8-13/h4-8H,9-11H2,1-3H3,(H,17,20). The van der Waals surface area contributed by atoms with E-state index in [2.05, 4.69) is 27.3 Å². The first-order chi connectivity index (χ1) is 10.1. The third-order valence-electron chi connectivity index (χ3n) is 3.04. The summed E-state index contributed by atoms with van der Waals surface area (Å²) in [5.74, 6) is -0.0223. The Kier molecular flexibility index (Phi) is 5.47. The summed E-state index contributed by atoms with van der Waals surface area (Å²) in [7, 11) is 3.99. The van der Waals surface area contributed by atoms with Crippen molar-refractivity contribution in [1.29, 1.82) is 0 Å². The molecule has 0 aliphatic heterocycles. The summed E-state index contributed by atoms with van der Waals surface area (Å²) in [6.07, 6.45) is 0.842. The van der Waals surface area contributed by atoms with Gasteiger partial charge in [-0.25, -0.2) is 4.98 Å². The molecule has 2 aromatic rings. The van der Waals surface area contributed by atoms with Gasteiger partial charge in [0.05, 0.1) is 5.69 Å². The lowest BCUT2D eigenvalue weighted by Crippen LogP contribution is -2.25. The highest BCUT2D eigenvalue weighted by Gasteiger charge is 2.15. The average Bonchev–Trinajstić information content (AvgIpc) is 2.80. The molecule has 112 valence electrons. The van der Waals surface area contributed by atoms with Gasteiger partial charge in [-0.1, -0.05) is 30.3 Å². The maximum Gasteiger partial charge on any atom is 0.263 e. The number of amides is 1. The van der Waals surface area contributed by atoms with Gasteiger partial charge in [-0.05, 0) is 33.0 Å². The van der Waals surface area contributed by atoms with Gasteiger partial charge in [0, 0.05) is 13.1 Å². The topological polar surface area (TPSA) is 45.2 Å². The molecule has 0 fully saturated rings. The van der Waals surface area contributed by atoms with Crippen LogP contribution in [0.25, 0.3) is 0 Å². The number of carbonyl (C=O) groups is 1. The Morgan fingerprint density at radius 1 is 1.29 bits per heavy atom. The van der Waals surface area contributed by atoms with Crippen LogP contribution in [-0.4, -0.2) is 36.4 Å². The van der Waals surface area contributed by atoms with Crippen LogP contribution in [0.2, 0.25) is 0 Å². The molecule has 0 aliphatic carbocycles. The molecule has 1 N–H and O–H groups in total. The van der Waals surface area contributed by atoms with Crippen LogP contribution in [0.5, 0.6) is 0 Å². The zero-order valence-corrected chi connectivity index (χ0v) is 13.5. The van der Waals surface area contributed by atoms with E-state index in [4.69, 9.17) is 0 Å². The van der Waals surface area contributed by atoms with Crippen molar-refractivity contribution in [1.82, 2.24) is 15.2 Å². The summed E-state index contributed by atoms with van der Waals surface area (Å²) in [6, 6.07) is 10.2. The quantitative estimate of drug-likeness (QED) is 0.892. The highest BCUT2D eigenvalue weighted by atomic mass is 32.1. The normalized spacial score (nSPS) is 10.9. The third kappa shape index (κ3) is 4.65.